The van der Waals surface area contributed by atoms with Gasteiger partial charge in [-0.15, -0.1) is 22.7 Å². The molecule has 0 spiro atoms. The van der Waals surface area contributed by atoms with Crippen LogP contribution < -0.4 is 30.7 Å². The zero-order valence-corrected chi connectivity index (χ0v) is 22.8. The van der Waals surface area contributed by atoms with Gasteiger partial charge in [0.05, 0.1) is 18.1 Å². The van der Waals surface area contributed by atoms with Gasteiger partial charge in [0.25, 0.3) is 0 Å². The largest absolute Gasteiger partial charge is 0.357 e. The summed E-state index contributed by atoms with van der Waals surface area (Å²) >= 11 is 3.33. The van der Waals surface area contributed by atoms with Crippen molar-refractivity contribution in [3.8, 4) is 0 Å². The van der Waals surface area contributed by atoms with Crippen molar-refractivity contribution in [1.29, 1.82) is 0 Å². The molecule has 3 N–H and O–H groups in total. The van der Waals surface area contributed by atoms with Gasteiger partial charge in [0.1, 0.15) is 0 Å². The maximum atomic E-state index is 4.62. The van der Waals surface area contributed by atoms with Crippen molar-refractivity contribution < 1.29 is 0 Å². The zero-order valence-electron chi connectivity index (χ0n) is 21.1. The first kappa shape index (κ1) is 25.3. The molecule has 0 bridgehead atoms. The average molecular weight is 527 g/mol. The second-order valence-electron chi connectivity index (χ2n) is 8.17. The molecule has 4 aromatic heterocycles. The Bertz CT molecular complexity index is 1250. The minimum absolute atomic E-state index is 0.502. The summed E-state index contributed by atoms with van der Waals surface area (Å²) < 4.78 is 0. The summed E-state index contributed by atoms with van der Waals surface area (Å²) in [5.41, 5.74) is 0. The SMILES string of the molecule is CNc1nc(NCc2cccs2)nc(N(C)c2ccc(CNc3nc(N(C)C)nc(N(C)C)n3)s2)n1. The molecule has 0 amide bonds. The number of thiophene rings is 2. The van der Waals surface area contributed by atoms with E-state index >= 15 is 0 Å². The minimum atomic E-state index is 0.502. The number of hydrogen-bond donors (Lipinski definition) is 3. The summed E-state index contributed by atoms with van der Waals surface area (Å²) in [5.74, 6) is 3.29. The lowest BCUT2D eigenvalue weighted by Gasteiger charge is -2.17. The van der Waals surface area contributed by atoms with Gasteiger partial charge in [-0.05, 0) is 23.6 Å². The summed E-state index contributed by atoms with van der Waals surface area (Å²) in [6, 6.07) is 8.22. The molecule has 190 valence electrons. The van der Waals surface area contributed by atoms with E-state index in [4.69, 9.17) is 0 Å². The van der Waals surface area contributed by atoms with E-state index in [0.717, 1.165) is 9.88 Å². The van der Waals surface area contributed by atoms with Gasteiger partial charge in [0.2, 0.25) is 35.7 Å². The fourth-order valence-electron chi connectivity index (χ4n) is 3.02. The van der Waals surface area contributed by atoms with Crippen LogP contribution >= 0.6 is 22.7 Å². The van der Waals surface area contributed by atoms with Gasteiger partial charge in [0.15, 0.2) is 0 Å². The van der Waals surface area contributed by atoms with Crippen molar-refractivity contribution in [3.63, 3.8) is 0 Å². The molecule has 36 heavy (non-hydrogen) atoms. The molecule has 0 radical (unpaired) electrons. The van der Waals surface area contributed by atoms with Crippen LogP contribution in [0, 0.1) is 0 Å². The fraction of sp³-hybridized carbons (Fsp3) is 0.364. The number of nitrogens with one attached hydrogen (secondary N) is 3. The van der Waals surface area contributed by atoms with Crippen LogP contribution in [0.5, 0.6) is 0 Å². The molecule has 0 fully saturated rings. The van der Waals surface area contributed by atoms with Gasteiger partial charge in [-0.1, -0.05) is 6.07 Å². The lowest BCUT2D eigenvalue weighted by molar-refractivity contribution is 0.908. The molecule has 0 aromatic carbocycles. The van der Waals surface area contributed by atoms with E-state index in [2.05, 4.69) is 63.4 Å². The average Bonchev–Trinajstić information content (AvgIpc) is 3.57. The molecular formula is C22H30N12S2. The van der Waals surface area contributed by atoms with Gasteiger partial charge in [-0.25, -0.2) is 0 Å². The minimum Gasteiger partial charge on any atom is -0.357 e. The molecule has 0 aliphatic heterocycles. The second-order valence-corrected chi connectivity index (χ2v) is 10.3. The third-order valence-corrected chi connectivity index (χ3v) is 7.00. The molecule has 14 heteroatoms. The normalized spacial score (nSPS) is 10.7. The Morgan fingerprint density at radius 3 is 1.92 bits per heavy atom. The molecule has 0 atom stereocenters. The highest BCUT2D eigenvalue weighted by molar-refractivity contribution is 7.16. The third kappa shape index (κ3) is 6.26. The van der Waals surface area contributed by atoms with Crippen molar-refractivity contribution >= 4 is 63.4 Å². The molecule has 12 nitrogen and oxygen atoms in total. The summed E-state index contributed by atoms with van der Waals surface area (Å²) in [5, 5.41) is 12.7. The van der Waals surface area contributed by atoms with Crippen LogP contribution in [-0.4, -0.2) is 72.2 Å². The summed E-state index contributed by atoms with van der Waals surface area (Å²) in [6.45, 7) is 1.24. The Kier molecular flexibility index (Phi) is 7.95. The monoisotopic (exact) mass is 526 g/mol. The molecule has 0 saturated heterocycles. The van der Waals surface area contributed by atoms with Crippen molar-refractivity contribution in [2.45, 2.75) is 13.1 Å². The topological polar surface area (TPSA) is 123 Å². The number of nitrogens with zero attached hydrogens (tertiary/aromatic N) is 9. The predicted molar refractivity (Wildman–Crippen MR) is 149 cm³/mol. The van der Waals surface area contributed by atoms with E-state index in [9.17, 15) is 0 Å². The van der Waals surface area contributed by atoms with Gasteiger partial charge in [0, 0.05) is 52.0 Å². The number of aromatic nitrogens is 6. The van der Waals surface area contributed by atoms with Crippen molar-refractivity contribution in [2.24, 2.45) is 0 Å². The Hall–Kier alpha value is -3.78. The lowest BCUT2D eigenvalue weighted by atomic mass is 10.4. The molecule has 4 heterocycles. The Balaban J connectivity index is 1.46. The molecule has 0 aliphatic carbocycles. The third-order valence-electron chi connectivity index (χ3n) is 4.96. The quantitative estimate of drug-likeness (QED) is 0.265. The first-order valence-corrected chi connectivity index (χ1v) is 12.9. The maximum absolute atomic E-state index is 4.62. The van der Waals surface area contributed by atoms with E-state index in [1.807, 2.05) is 62.1 Å². The predicted octanol–water partition coefficient (Wildman–Crippen LogP) is 3.35. The van der Waals surface area contributed by atoms with E-state index in [1.165, 1.54) is 4.88 Å². The number of rotatable bonds is 11. The van der Waals surface area contributed by atoms with Crippen molar-refractivity contribution in [2.75, 3.05) is 72.9 Å². The fourth-order valence-corrected chi connectivity index (χ4v) is 4.57. The highest BCUT2D eigenvalue weighted by Gasteiger charge is 2.15. The standard InChI is InChI=1S/C22H30N12S2/c1-23-17-26-18(24-12-14-8-7-11-35-14)30-22(27-17)34(6)16-10-9-15(36-16)13-25-19-28-20(32(2)3)31-21(29-19)33(4)5/h7-11H,12-13H2,1-6H3,(H,25,28,29,31)(H2,23,24,26,27,30). The molecule has 4 aromatic rings. The van der Waals surface area contributed by atoms with E-state index < -0.39 is 0 Å². The molecule has 0 saturated carbocycles. The molecular weight excluding hydrogens is 496 g/mol. The summed E-state index contributed by atoms with van der Waals surface area (Å²) in [6.07, 6.45) is 0. The second kappa shape index (κ2) is 11.3. The molecule has 4 rings (SSSR count). The van der Waals surface area contributed by atoms with Crippen molar-refractivity contribution in [1.82, 2.24) is 29.9 Å². The van der Waals surface area contributed by atoms with Crippen LogP contribution in [0.15, 0.2) is 29.6 Å². The number of anilines is 7. The van der Waals surface area contributed by atoms with Gasteiger partial charge >= 0.3 is 0 Å². The van der Waals surface area contributed by atoms with Crippen LogP contribution in [0.1, 0.15) is 9.75 Å². The molecule has 0 unspecified atom stereocenters. The number of hydrogen-bond acceptors (Lipinski definition) is 14. The first-order valence-electron chi connectivity index (χ1n) is 11.2. The first-order chi connectivity index (χ1) is 17.3. The van der Waals surface area contributed by atoms with Gasteiger partial charge < -0.3 is 30.7 Å². The van der Waals surface area contributed by atoms with E-state index in [1.54, 1.807) is 29.7 Å². The smallest absolute Gasteiger partial charge is 0.236 e. The summed E-state index contributed by atoms with van der Waals surface area (Å²) in [4.78, 5) is 35.1. The summed E-state index contributed by atoms with van der Waals surface area (Å²) in [7, 11) is 11.4. The van der Waals surface area contributed by atoms with Gasteiger partial charge in [-0.2, -0.15) is 29.9 Å². The zero-order chi connectivity index (χ0) is 25.7. The Morgan fingerprint density at radius 2 is 1.31 bits per heavy atom. The highest BCUT2D eigenvalue weighted by atomic mass is 32.1. The molecule has 0 aliphatic rings. The van der Waals surface area contributed by atoms with Crippen LogP contribution in [-0.2, 0) is 13.1 Å². The van der Waals surface area contributed by atoms with Crippen LogP contribution in [0.25, 0.3) is 0 Å². The lowest BCUT2D eigenvalue weighted by Crippen LogP contribution is -2.20. The van der Waals surface area contributed by atoms with Crippen LogP contribution in [0.2, 0.25) is 0 Å². The Labute approximate surface area is 218 Å². The highest BCUT2D eigenvalue weighted by Crippen LogP contribution is 2.30. The van der Waals surface area contributed by atoms with Crippen molar-refractivity contribution in [3.05, 3.63) is 39.4 Å². The van der Waals surface area contributed by atoms with Crippen LogP contribution in [0.3, 0.4) is 0 Å². The maximum Gasteiger partial charge on any atom is 0.236 e. The van der Waals surface area contributed by atoms with E-state index in [-0.39, 0.29) is 0 Å². The van der Waals surface area contributed by atoms with Gasteiger partial charge in [-0.3, -0.25) is 0 Å². The van der Waals surface area contributed by atoms with E-state index in [0.29, 0.717) is 48.8 Å². The Morgan fingerprint density at radius 1 is 0.694 bits per heavy atom. The van der Waals surface area contributed by atoms with Crippen LogP contribution in [0.4, 0.5) is 40.7 Å².